The van der Waals surface area contributed by atoms with Crippen molar-refractivity contribution in [3.63, 3.8) is 0 Å². The Bertz CT molecular complexity index is 407. The van der Waals surface area contributed by atoms with Crippen LogP contribution in [0.4, 0.5) is 13.2 Å². The molecule has 0 heterocycles. The van der Waals surface area contributed by atoms with Gasteiger partial charge in [-0.2, -0.15) is 13.2 Å². The van der Waals surface area contributed by atoms with Gasteiger partial charge in [-0.3, -0.25) is 0 Å². The Morgan fingerprint density at radius 2 is 1.89 bits per heavy atom. The normalized spacial score (nSPS) is 16.4. The van der Waals surface area contributed by atoms with Gasteiger partial charge in [0, 0.05) is 17.5 Å². The molecule has 0 bridgehead atoms. The molecule has 0 unspecified atom stereocenters. The van der Waals surface area contributed by atoms with Crippen molar-refractivity contribution in [1.29, 1.82) is 0 Å². The van der Waals surface area contributed by atoms with E-state index in [1.165, 1.54) is 25.0 Å². The molecule has 1 aromatic carbocycles. The molecule has 0 amide bonds. The van der Waals surface area contributed by atoms with Crippen LogP contribution in [-0.4, -0.2) is 18.1 Å². The van der Waals surface area contributed by atoms with E-state index in [2.05, 4.69) is 5.32 Å². The zero-order valence-corrected chi connectivity index (χ0v) is 10.5. The van der Waals surface area contributed by atoms with Crippen LogP contribution >= 0.6 is 11.8 Å². The van der Waals surface area contributed by atoms with Gasteiger partial charge >= 0.3 is 5.51 Å². The molecule has 1 saturated carbocycles. The first kappa shape index (κ1) is 13.5. The second kappa shape index (κ2) is 5.80. The van der Waals surface area contributed by atoms with Crippen LogP contribution in [0.2, 0.25) is 0 Å². The number of benzene rings is 1. The highest BCUT2D eigenvalue weighted by atomic mass is 32.2. The molecule has 0 aromatic heterocycles. The Balaban J connectivity index is 1.82. The monoisotopic (exact) mass is 273 g/mol. The van der Waals surface area contributed by atoms with E-state index in [0.29, 0.717) is 6.04 Å². The van der Waals surface area contributed by atoms with Crippen molar-refractivity contribution in [3.05, 3.63) is 35.9 Å². The van der Waals surface area contributed by atoms with Gasteiger partial charge in [-0.05, 0) is 42.3 Å². The predicted octanol–water partition coefficient (Wildman–Crippen LogP) is 4.06. The van der Waals surface area contributed by atoms with Crippen LogP contribution in [0.3, 0.4) is 0 Å². The molecule has 98 valence electrons. The van der Waals surface area contributed by atoms with Crippen LogP contribution < -0.4 is 5.32 Å². The molecule has 0 spiro atoms. The van der Waals surface area contributed by atoms with Crippen molar-refractivity contribution < 1.29 is 13.2 Å². The minimum atomic E-state index is -4.22. The highest BCUT2D eigenvalue weighted by molar-refractivity contribution is 8.00. The summed E-state index contributed by atoms with van der Waals surface area (Å²) in [5.41, 5.74) is -3.30. The minimum Gasteiger partial charge on any atom is -0.311 e. The Kier molecular flexibility index (Phi) is 4.35. The Morgan fingerprint density at radius 3 is 2.44 bits per heavy atom. The number of alkyl halides is 3. The molecule has 1 nitrogen and oxygen atoms in total. The van der Waals surface area contributed by atoms with E-state index in [1.807, 2.05) is 12.2 Å². The van der Waals surface area contributed by atoms with Gasteiger partial charge in [0.1, 0.15) is 0 Å². The fraction of sp³-hybridized carbons (Fsp3) is 0.385. The second-order valence-electron chi connectivity index (χ2n) is 4.20. The molecule has 5 heteroatoms. The first-order chi connectivity index (χ1) is 8.53. The topological polar surface area (TPSA) is 12.0 Å². The number of halogens is 3. The fourth-order valence-corrected chi connectivity index (χ4v) is 2.04. The minimum absolute atomic E-state index is 0.0865. The highest BCUT2D eigenvalue weighted by Crippen LogP contribution is 2.36. The van der Waals surface area contributed by atoms with Crippen LogP contribution in [-0.2, 0) is 0 Å². The molecule has 1 aromatic rings. The molecule has 2 rings (SSSR count). The Hall–Kier alpha value is -0.940. The summed E-state index contributed by atoms with van der Waals surface area (Å²) in [5, 5.41) is 3.33. The summed E-state index contributed by atoms with van der Waals surface area (Å²) in [6.07, 6.45) is 6.40. The first-order valence-electron chi connectivity index (χ1n) is 5.79. The van der Waals surface area contributed by atoms with Crippen molar-refractivity contribution in [2.75, 3.05) is 6.54 Å². The lowest BCUT2D eigenvalue weighted by atomic mass is 10.2. The van der Waals surface area contributed by atoms with E-state index in [-0.39, 0.29) is 16.7 Å². The molecule has 0 atom stereocenters. The molecule has 1 fully saturated rings. The lowest BCUT2D eigenvalue weighted by Crippen LogP contribution is -2.15. The summed E-state index contributed by atoms with van der Waals surface area (Å²) < 4.78 is 36.3. The lowest BCUT2D eigenvalue weighted by molar-refractivity contribution is -0.0328. The molecular formula is C13H14F3NS. The number of thioether (sulfide) groups is 1. The van der Waals surface area contributed by atoms with Crippen molar-refractivity contribution in [1.82, 2.24) is 5.32 Å². The summed E-state index contributed by atoms with van der Waals surface area (Å²) >= 11 is -0.0865. The maximum atomic E-state index is 12.1. The van der Waals surface area contributed by atoms with Gasteiger partial charge < -0.3 is 5.32 Å². The molecule has 0 saturated heterocycles. The van der Waals surface area contributed by atoms with Crippen LogP contribution in [0.15, 0.2) is 35.2 Å². The number of nitrogens with one attached hydrogen (secondary N) is 1. The summed E-state index contributed by atoms with van der Waals surface area (Å²) in [6.45, 7) is 0.809. The van der Waals surface area contributed by atoms with Crippen molar-refractivity contribution in [3.8, 4) is 0 Å². The number of hydrogen-bond donors (Lipinski definition) is 1. The van der Waals surface area contributed by atoms with Crippen LogP contribution in [0, 0.1) is 0 Å². The van der Waals surface area contributed by atoms with E-state index in [0.717, 1.165) is 12.1 Å². The maximum absolute atomic E-state index is 12.1. The predicted molar refractivity (Wildman–Crippen MR) is 68.4 cm³/mol. The molecule has 18 heavy (non-hydrogen) atoms. The van der Waals surface area contributed by atoms with Crippen molar-refractivity contribution in [2.24, 2.45) is 0 Å². The van der Waals surface area contributed by atoms with Gasteiger partial charge in [0.25, 0.3) is 0 Å². The first-order valence-corrected chi connectivity index (χ1v) is 6.60. The van der Waals surface area contributed by atoms with E-state index in [9.17, 15) is 13.2 Å². The van der Waals surface area contributed by atoms with Gasteiger partial charge in [-0.25, -0.2) is 0 Å². The van der Waals surface area contributed by atoms with Crippen molar-refractivity contribution >= 4 is 17.8 Å². The van der Waals surface area contributed by atoms with Crippen LogP contribution in [0.5, 0.6) is 0 Å². The molecule has 0 aliphatic heterocycles. The average molecular weight is 273 g/mol. The van der Waals surface area contributed by atoms with Crippen molar-refractivity contribution in [2.45, 2.75) is 29.3 Å². The SMILES string of the molecule is FC(F)(F)Sc1ccc(C=CCNC2CC2)cc1. The maximum Gasteiger partial charge on any atom is 0.446 e. The van der Waals surface area contributed by atoms with Crippen LogP contribution in [0.25, 0.3) is 6.08 Å². The van der Waals surface area contributed by atoms with Gasteiger partial charge in [0.2, 0.25) is 0 Å². The number of hydrogen-bond acceptors (Lipinski definition) is 2. The highest BCUT2D eigenvalue weighted by Gasteiger charge is 2.28. The molecule has 1 aliphatic rings. The largest absolute Gasteiger partial charge is 0.446 e. The third kappa shape index (κ3) is 5.14. The van der Waals surface area contributed by atoms with E-state index < -0.39 is 5.51 Å². The quantitative estimate of drug-likeness (QED) is 0.812. The average Bonchev–Trinajstić information content (AvgIpc) is 3.08. The summed E-state index contributed by atoms with van der Waals surface area (Å²) in [7, 11) is 0. The molecule has 1 N–H and O–H groups in total. The summed E-state index contributed by atoms with van der Waals surface area (Å²) in [6, 6.07) is 7.04. The Labute approximate surface area is 108 Å². The summed E-state index contributed by atoms with van der Waals surface area (Å²) in [5.74, 6) is 0. The molecule has 0 radical (unpaired) electrons. The second-order valence-corrected chi connectivity index (χ2v) is 5.34. The summed E-state index contributed by atoms with van der Waals surface area (Å²) in [4.78, 5) is 0.218. The number of rotatable bonds is 5. The van der Waals surface area contributed by atoms with Gasteiger partial charge in [-0.1, -0.05) is 24.3 Å². The van der Waals surface area contributed by atoms with Crippen LogP contribution in [0.1, 0.15) is 18.4 Å². The zero-order chi connectivity index (χ0) is 13.0. The smallest absolute Gasteiger partial charge is 0.311 e. The molecule has 1 aliphatic carbocycles. The molecular weight excluding hydrogens is 259 g/mol. The van der Waals surface area contributed by atoms with E-state index in [4.69, 9.17) is 0 Å². The van der Waals surface area contributed by atoms with E-state index >= 15 is 0 Å². The van der Waals surface area contributed by atoms with Gasteiger partial charge in [0.05, 0.1) is 0 Å². The fourth-order valence-electron chi connectivity index (χ4n) is 1.50. The van der Waals surface area contributed by atoms with E-state index in [1.54, 1.807) is 12.1 Å². The Morgan fingerprint density at radius 1 is 1.22 bits per heavy atom. The van der Waals surface area contributed by atoms with Gasteiger partial charge in [0.15, 0.2) is 0 Å². The lowest BCUT2D eigenvalue weighted by Gasteiger charge is -2.05. The third-order valence-electron chi connectivity index (χ3n) is 2.53. The standard InChI is InChI=1S/C13H14F3NS/c14-13(15,16)18-12-7-3-10(4-8-12)2-1-9-17-11-5-6-11/h1-4,7-8,11,17H,5-6,9H2. The zero-order valence-electron chi connectivity index (χ0n) is 9.70. The third-order valence-corrected chi connectivity index (χ3v) is 3.27. The van der Waals surface area contributed by atoms with Gasteiger partial charge in [-0.15, -0.1) is 0 Å².